The van der Waals surface area contributed by atoms with E-state index in [1.807, 2.05) is 0 Å². The molecule has 0 saturated carbocycles. The number of ether oxygens (including phenoxy) is 1. The Labute approximate surface area is 127 Å². The van der Waals surface area contributed by atoms with Crippen molar-refractivity contribution in [3.63, 3.8) is 0 Å². The van der Waals surface area contributed by atoms with Gasteiger partial charge in [0.2, 0.25) is 0 Å². The van der Waals surface area contributed by atoms with Gasteiger partial charge >= 0.3 is 6.18 Å². The summed E-state index contributed by atoms with van der Waals surface area (Å²) in [4.78, 5) is 13.3. The number of carbonyl (C=O) groups is 1. The SMILES string of the molecule is CCN(CC(C)(C)O)C(=O)COc1ccccc1C(F)(F)F. The minimum Gasteiger partial charge on any atom is -0.483 e. The van der Waals surface area contributed by atoms with Crippen molar-refractivity contribution in [2.45, 2.75) is 32.5 Å². The maximum Gasteiger partial charge on any atom is 0.419 e. The Balaban J connectivity index is 2.76. The molecule has 1 N–H and O–H groups in total. The molecule has 1 rings (SSSR count). The summed E-state index contributed by atoms with van der Waals surface area (Å²) in [5, 5.41) is 9.72. The monoisotopic (exact) mass is 319 g/mol. The number of aliphatic hydroxyl groups is 1. The highest BCUT2D eigenvalue weighted by molar-refractivity contribution is 5.77. The summed E-state index contributed by atoms with van der Waals surface area (Å²) in [5.74, 6) is -0.871. The van der Waals surface area contributed by atoms with Gasteiger partial charge in [-0.1, -0.05) is 12.1 Å². The first-order chi connectivity index (χ1) is 10.0. The lowest BCUT2D eigenvalue weighted by molar-refractivity contribution is -0.141. The number of alkyl halides is 3. The molecule has 0 aromatic heterocycles. The van der Waals surface area contributed by atoms with E-state index in [-0.39, 0.29) is 12.3 Å². The van der Waals surface area contributed by atoms with Crippen molar-refractivity contribution in [2.75, 3.05) is 19.7 Å². The Kier molecular flexibility index (Phi) is 5.82. The summed E-state index contributed by atoms with van der Waals surface area (Å²) in [6.45, 7) is 4.69. The molecular weight excluding hydrogens is 299 g/mol. The van der Waals surface area contributed by atoms with Gasteiger partial charge in [0.05, 0.1) is 11.2 Å². The largest absolute Gasteiger partial charge is 0.483 e. The summed E-state index contributed by atoms with van der Waals surface area (Å²) in [6.07, 6.45) is -4.54. The first kappa shape index (κ1) is 18.3. The highest BCUT2D eigenvalue weighted by Crippen LogP contribution is 2.35. The zero-order valence-electron chi connectivity index (χ0n) is 12.8. The number of halogens is 3. The van der Waals surface area contributed by atoms with Crippen molar-refractivity contribution in [3.8, 4) is 5.75 Å². The van der Waals surface area contributed by atoms with Crippen LogP contribution in [0.5, 0.6) is 5.75 Å². The van der Waals surface area contributed by atoms with E-state index in [9.17, 15) is 23.1 Å². The molecule has 0 aliphatic carbocycles. The van der Waals surface area contributed by atoms with Gasteiger partial charge in [-0.3, -0.25) is 4.79 Å². The van der Waals surface area contributed by atoms with Crippen molar-refractivity contribution in [3.05, 3.63) is 29.8 Å². The minimum absolute atomic E-state index is 0.0760. The number of para-hydroxylation sites is 1. The highest BCUT2D eigenvalue weighted by Gasteiger charge is 2.34. The van der Waals surface area contributed by atoms with Crippen LogP contribution in [0.4, 0.5) is 13.2 Å². The second-order valence-electron chi connectivity index (χ2n) is 5.50. The number of amides is 1. The van der Waals surface area contributed by atoms with Gasteiger partial charge in [0, 0.05) is 13.1 Å². The van der Waals surface area contributed by atoms with Crippen LogP contribution in [0, 0.1) is 0 Å². The van der Waals surface area contributed by atoms with Gasteiger partial charge < -0.3 is 14.7 Å². The van der Waals surface area contributed by atoms with Crippen molar-refractivity contribution >= 4 is 5.91 Å². The average Bonchev–Trinajstić information content (AvgIpc) is 2.40. The van der Waals surface area contributed by atoms with E-state index in [0.29, 0.717) is 6.54 Å². The zero-order valence-corrected chi connectivity index (χ0v) is 12.8. The van der Waals surface area contributed by atoms with Crippen LogP contribution >= 0.6 is 0 Å². The lowest BCUT2D eigenvalue weighted by Crippen LogP contribution is -2.44. The van der Waals surface area contributed by atoms with Crippen LogP contribution in [-0.2, 0) is 11.0 Å². The Morgan fingerprint density at radius 1 is 1.27 bits per heavy atom. The summed E-state index contributed by atoms with van der Waals surface area (Å²) < 4.78 is 43.5. The van der Waals surface area contributed by atoms with Crippen molar-refractivity contribution in [1.29, 1.82) is 0 Å². The van der Waals surface area contributed by atoms with E-state index in [1.165, 1.54) is 23.1 Å². The number of likely N-dealkylation sites (N-methyl/N-ethyl adjacent to an activating group) is 1. The third kappa shape index (κ3) is 5.55. The lowest BCUT2D eigenvalue weighted by atomic mass is 10.1. The topological polar surface area (TPSA) is 49.8 Å². The summed E-state index contributed by atoms with van der Waals surface area (Å²) in [7, 11) is 0. The number of carbonyl (C=O) groups excluding carboxylic acids is 1. The van der Waals surface area contributed by atoms with Gasteiger partial charge in [-0.25, -0.2) is 0 Å². The highest BCUT2D eigenvalue weighted by atomic mass is 19.4. The molecule has 0 aliphatic heterocycles. The molecule has 0 bridgehead atoms. The Morgan fingerprint density at radius 2 is 1.86 bits per heavy atom. The second kappa shape index (κ2) is 7.00. The van der Waals surface area contributed by atoms with E-state index in [0.717, 1.165) is 6.07 Å². The molecule has 1 aromatic rings. The predicted molar refractivity (Wildman–Crippen MR) is 75.5 cm³/mol. The molecule has 124 valence electrons. The Bertz CT molecular complexity index is 509. The zero-order chi connectivity index (χ0) is 17.0. The molecule has 0 atom stereocenters. The number of hydrogen-bond donors (Lipinski definition) is 1. The van der Waals surface area contributed by atoms with Crippen molar-refractivity contribution < 1.29 is 27.8 Å². The molecule has 0 heterocycles. The quantitative estimate of drug-likeness (QED) is 0.877. The second-order valence-corrected chi connectivity index (χ2v) is 5.50. The predicted octanol–water partition coefficient (Wildman–Crippen LogP) is 2.70. The van der Waals surface area contributed by atoms with Gasteiger partial charge in [-0.05, 0) is 32.9 Å². The maximum absolute atomic E-state index is 12.8. The molecule has 1 amide bonds. The van der Waals surface area contributed by atoms with E-state index in [2.05, 4.69) is 0 Å². The van der Waals surface area contributed by atoms with Crippen LogP contribution < -0.4 is 4.74 Å². The summed E-state index contributed by atoms with van der Waals surface area (Å²) >= 11 is 0. The number of benzene rings is 1. The molecule has 0 saturated heterocycles. The van der Waals surface area contributed by atoms with Crippen LogP contribution in [0.3, 0.4) is 0 Å². The standard InChI is InChI=1S/C15H20F3NO3/c1-4-19(10-14(2,3)21)13(20)9-22-12-8-6-5-7-11(12)15(16,17)18/h5-8,21H,4,9-10H2,1-3H3. The number of hydrogen-bond acceptors (Lipinski definition) is 3. The molecule has 1 aromatic carbocycles. The van der Waals surface area contributed by atoms with Crippen LogP contribution in [0.15, 0.2) is 24.3 Å². The summed E-state index contributed by atoms with van der Waals surface area (Å²) in [5.41, 5.74) is -2.01. The van der Waals surface area contributed by atoms with Crippen LogP contribution in [0.25, 0.3) is 0 Å². The lowest BCUT2D eigenvalue weighted by Gasteiger charge is -2.28. The normalized spacial score (nSPS) is 12.1. The smallest absolute Gasteiger partial charge is 0.419 e. The van der Waals surface area contributed by atoms with Crippen LogP contribution in [-0.4, -0.2) is 41.2 Å². The van der Waals surface area contributed by atoms with E-state index in [4.69, 9.17) is 4.74 Å². The first-order valence-electron chi connectivity index (χ1n) is 6.84. The summed E-state index contributed by atoms with van der Waals surface area (Å²) in [6, 6.07) is 4.73. The minimum atomic E-state index is -4.54. The fraction of sp³-hybridized carbons (Fsp3) is 0.533. The average molecular weight is 319 g/mol. The van der Waals surface area contributed by atoms with Gasteiger partial charge in [-0.15, -0.1) is 0 Å². The number of rotatable bonds is 6. The third-order valence-corrected chi connectivity index (χ3v) is 2.86. The Morgan fingerprint density at radius 3 is 2.36 bits per heavy atom. The van der Waals surface area contributed by atoms with Crippen LogP contribution in [0.2, 0.25) is 0 Å². The molecular formula is C15H20F3NO3. The van der Waals surface area contributed by atoms with Gasteiger partial charge in [0.15, 0.2) is 6.61 Å². The van der Waals surface area contributed by atoms with E-state index < -0.39 is 29.9 Å². The molecule has 0 fully saturated rings. The van der Waals surface area contributed by atoms with Gasteiger partial charge in [0.1, 0.15) is 5.75 Å². The van der Waals surface area contributed by atoms with E-state index in [1.54, 1.807) is 20.8 Å². The van der Waals surface area contributed by atoms with Crippen molar-refractivity contribution in [1.82, 2.24) is 4.90 Å². The fourth-order valence-corrected chi connectivity index (χ4v) is 1.90. The fourth-order valence-electron chi connectivity index (χ4n) is 1.90. The molecule has 0 spiro atoms. The molecule has 22 heavy (non-hydrogen) atoms. The number of nitrogens with zero attached hydrogens (tertiary/aromatic N) is 1. The van der Waals surface area contributed by atoms with E-state index >= 15 is 0 Å². The molecule has 7 heteroatoms. The molecule has 0 aliphatic rings. The molecule has 0 unspecified atom stereocenters. The first-order valence-corrected chi connectivity index (χ1v) is 6.84. The Hall–Kier alpha value is -1.76. The maximum atomic E-state index is 12.8. The van der Waals surface area contributed by atoms with Gasteiger partial charge in [0.25, 0.3) is 5.91 Å². The van der Waals surface area contributed by atoms with Crippen molar-refractivity contribution in [2.24, 2.45) is 0 Å². The third-order valence-electron chi connectivity index (χ3n) is 2.86. The molecule has 0 radical (unpaired) electrons. The van der Waals surface area contributed by atoms with Gasteiger partial charge in [-0.2, -0.15) is 13.2 Å². The van der Waals surface area contributed by atoms with Crippen LogP contribution in [0.1, 0.15) is 26.3 Å². The molecule has 4 nitrogen and oxygen atoms in total.